The summed E-state index contributed by atoms with van der Waals surface area (Å²) in [4.78, 5) is 0. The van der Waals surface area contributed by atoms with E-state index in [-0.39, 0.29) is 5.60 Å². The van der Waals surface area contributed by atoms with Crippen LogP contribution in [0.25, 0.3) is 0 Å². The fraction of sp³-hybridized carbons (Fsp3) is 0.714. The summed E-state index contributed by atoms with van der Waals surface area (Å²) in [5, 5.41) is 0. The second-order valence-corrected chi connectivity index (χ2v) is 12.4. The molecule has 3 atom stereocenters. The van der Waals surface area contributed by atoms with Gasteiger partial charge in [0, 0.05) is 5.56 Å². The van der Waals surface area contributed by atoms with E-state index >= 15 is 0 Å². The quantitative estimate of drug-likeness (QED) is 0.247. The lowest BCUT2D eigenvalue weighted by atomic mass is 9.86. The van der Waals surface area contributed by atoms with Crippen LogP contribution in [0.15, 0.2) is 12.2 Å². The molecular weight excluding hydrogens is 448 g/mol. The van der Waals surface area contributed by atoms with E-state index in [0.717, 1.165) is 53.2 Å². The Hall–Kier alpha value is -1.53. The van der Waals surface area contributed by atoms with E-state index in [0.29, 0.717) is 18.1 Å². The van der Waals surface area contributed by atoms with Crippen molar-refractivity contribution in [3.05, 3.63) is 34.4 Å². The maximum absolute atomic E-state index is 11.4. The van der Waals surface area contributed by atoms with Crippen molar-refractivity contribution >= 4 is 10.1 Å². The normalized spacial score (nSPS) is 20.3. The Balaban J connectivity index is 2.16. The third-order valence-electron chi connectivity index (χ3n) is 7.14. The molecule has 3 unspecified atom stereocenters. The Morgan fingerprint density at radius 1 is 1.12 bits per heavy atom. The van der Waals surface area contributed by atoms with Crippen LogP contribution < -0.4 is 9.47 Å². The van der Waals surface area contributed by atoms with Crippen LogP contribution in [-0.4, -0.2) is 30.4 Å². The molecule has 1 aliphatic heterocycles. The van der Waals surface area contributed by atoms with Gasteiger partial charge in [0.1, 0.15) is 29.0 Å². The van der Waals surface area contributed by atoms with Crippen LogP contribution in [0.5, 0.6) is 11.5 Å². The number of fused-ring (bicyclic) bond motifs is 1. The molecule has 1 heterocycles. The molecule has 6 heteroatoms. The molecule has 0 spiro atoms. The number of rotatable bonds is 12. The Bertz CT molecular complexity index is 964. The van der Waals surface area contributed by atoms with Gasteiger partial charge in [0.15, 0.2) is 0 Å². The van der Waals surface area contributed by atoms with Crippen LogP contribution in [-0.2, 0) is 16.5 Å². The summed E-state index contributed by atoms with van der Waals surface area (Å²) in [6, 6.07) is 0. The maximum Gasteiger partial charge on any atom is 0.268 e. The van der Waals surface area contributed by atoms with E-state index in [9.17, 15) is 13.0 Å². The van der Waals surface area contributed by atoms with E-state index in [1.165, 1.54) is 19.3 Å². The van der Waals surface area contributed by atoms with Crippen molar-refractivity contribution in [1.82, 2.24) is 0 Å². The molecule has 5 nitrogen and oxygen atoms in total. The van der Waals surface area contributed by atoms with Crippen molar-refractivity contribution in [2.24, 2.45) is 11.8 Å². The van der Waals surface area contributed by atoms with Gasteiger partial charge in [-0.3, -0.25) is 4.55 Å². The largest absolute Gasteiger partial charge is 0.489 e. The molecule has 0 saturated carbocycles. The molecule has 2 rings (SSSR count). The molecule has 0 aromatic heterocycles. The van der Waals surface area contributed by atoms with Crippen molar-refractivity contribution in [3.8, 4) is 11.5 Å². The fourth-order valence-corrected chi connectivity index (χ4v) is 5.50. The molecule has 0 amide bonds. The number of allylic oxidation sites excluding steroid dienone is 1. The molecule has 1 aliphatic rings. The molecule has 0 aliphatic carbocycles. The Kier molecular flexibility index (Phi) is 10.1. The van der Waals surface area contributed by atoms with Gasteiger partial charge in [-0.2, -0.15) is 8.42 Å². The second-order valence-electron chi connectivity index (χ2n) is 10.9. The average molecular weight is 495 g/mol. The summed E-state index contributed by atoms with van der Waals surface area (Å²) in [6.07, 6.45) is 11.1. The number of hydrogen-bond donors (Lipinski definition) is 1. The molecule has 1 aromatic carbocycles. The number of ether oxygens (including phenoxy) is 2. The third kappa shape index (κ3) is 8.01. The lowest BCUT2D eigenvalue weighted by Crippen LogP contribution is -2.35. The van der Waals surface area contributed by atoms with Gasteiger partial charge >= 0.3 is 0 Å². The van der Waals surface area contributed by atoms with Crippen molar-refractivity contribution in [2.75, 3.05) is 5.75 Å². The topological polar surface area (TPSA) is 72.8 Å². The molecule has 34 heavy (non-hydrogen) atoms. The standard InChI is InChI=1S/C28H46O5S/c1-9-24(18-34(29,30)31)32-26-21(5)22(6)27-25(23(26)7)15-17-28(8,33-27)16-11-14-20(4)13-10-12-19(2)3/h11,16,19-20,24H,9-10,12-15,17-18H2,1-8H3,(H,29,30,31)/b16-11+. The summed E-state index contributed by atoms with van der Waals surface area (Å²) >= 11 is 0. The smallest absolute Gasteiger partial charge is 0.268 e. The highest BCUT2D eigenvalue weighted by atomic mass is 32.2. The summed E-state index contributed by atoms with van der Waals surface area (Å²) in [6.45, 7) is 17.0. The Labute approximate surface area is 208 Å². The van der Waals surface area contributed by atoms with Crippen LogP contribution in [0.4, 0.5) is 0 Å². The van der Waals surface area contributed by atoms with Crippen LogP contribution in [0, 0.1) is 32.6 Å². The fourth-order valence-electron chi connectivity index (χ4n) is 4.73. The second kappa shape index (κ2) is 11.9. The minimum absolute atomic E-state index is 0.340. The van der Waals surface area contributed by atoms with Crippen molar-refractivity contribution in [2.45, 2.75) is 112 Å². The molecule has 1 aromatic rings. The number of benzene rings is 1. The molecular formula is C28H46O5S. The highest BCUT2D eigenvalue weighted by Crippen LogP contribution is 2.44. The molecule has 1 N–H and O–H groups in total. The Morgan fingerprint density at radius 3 is 2.38 bits per heavy atom. The minimum Gasteiger partial charge on any atom is -0.489 e. The summed E-state index contributed by atoms with van der Waals surface area (Å²) in [5.41, 5.74) is 3.77. The first kappa shape index (κ1) is 28.7. The predicted molar refractivity (Wildman–Crippen MR) is 141 cm³/mol. The van der Waals surface area contributed by atoms with Crippen molar-refractivity contribution < 1.29 is 22.4 Å². The monoisotopic (exact) mass is 494 g/mol. The van der Waals surface area contributed by atoms with Crippen molar-refractivity contribution in [1.29, 1.82) is 0 Å². The van der Waals surface area contributed by atoms with Gasteiger partial charge in [0.2, 0.25) is 0 Å². The van der Waals surface area contributed by atoms with Gasteiger partial charge < -0.3 is 9.47 Å². The summed E-state index contributed by atoms with van der Waals surface area (Å²) < 4.78 is 44.8. The molecule has 0 saturated heterocycles. The molecule has 194 valence electrons. The zero-order chi connectivity index (χ0) is 25.7. The average Bonchev–Trinajstić information content (AvgIpc) is 2.73. The van der Waals surface area contributed by atoms with E-state index in [2.05, 4.69) is 39.8 Å². The van der Waals surface area contributed by atoms with Crippen LogP contribution in [0.2, 0.25) is 0 Å². The number of hydrogen-bond acceptors (Lipinski definition) is 4. The van der Waals surface area contributed by atoms with Gasteiger partial charge in [-0.15, -0.1) is 0 Å². The predicted octanol–water partition coefficient (Wildman–Crippen LogP) is 7.15. The molecule has 0 bridgehead atoms. The molecule has 0 fully saturated rings. The SMILES string of the molecule is CCC(CS(=O)(=O)O)Oc1c(C)c(C)c2c(c1C)CCC(C)(/C=C/CC(C)CCCC(C)C)O2. The lowest BCUT2D eigenvalue weighted by molar-refractivity contribution is 0.112. The van der Waals surface area contributed by atoms with Gasteiger partial charge in [-0.25, -0.2) is 0 Å². The third-order valence-corrected chi connectivity index (χ3v) is 7.93. The molecule has 0 radical (unpaired) electrons. The highest BCUT2D eigenvalue weighted by molar-refractivity contribution is 7.85. The first-order valence-corrected chi connectivity index (χ1v) is 14.5. The summed E-state index contributed by atoms with van der Waals surface area (Å²) in [5.74, 6) is 2.68. The minimum atomic E-state index is -4.11. The zero-order valence-electron chi connectivity index (χ0n) is 22.5. The van der Waals surface area contributed by atoms with Crippen LogP contribution in [0.3, 0.4) is 0 Å². The maximum atomic E-state index is 11.4. The first-order valence-electron chi connectivity index (χ1n) is 12.9. The lowest BCUT2D eigenvalue weighted by Gasteiger charge is -2.36. The van der Waals surface area contributed by atoms with Crippen LogP contribution >= 0.6 is 0 Å². The van der Waals surface area contributed by atoms with E-state index in [1.54, 1.807) is 0 Å². The zero-order valence-corrected chi connectivity index (χ0v) is 23.3. The van der Waals surface area contributed by atoms with E-state index in [1.807, 2.05) is 27.7 Å². The van der Waals surface area contributed by atoms with Gasteiger partial charge in [0.05, 0.1) is 0 Å². The summed E-state index contributed by atoms with van der Waals surface area (Å²) in [7, 11) is -4.11. The van der Waals surface area contributed by atoms with E-state index in [4.69, 9.17) is 9.47 Å². The van der Waals surface area contributed by atoms with E-state index < -0.39 is 22.0 Å². The Morgan fingerprint density at radius 2 is 1.79 bits per heavy atom. The van der Waals surface area contributed by atoms with Gasteiger partial charge in [-0.05, 0) is 88.0 Å². The van der Waals surface area contributed by atoms with Crippen LogP contribution in [0.1, 0.15) is 95.4 Å². The van der Waals surface area contributed by atoms with Crippen molar-refractivity contribution in [3.63, 3.8) is 0 Å². The van der Waals surface area contributed by atoms with Gasteiger partial charge in [-0.1, -0.05) is 53.0 Å². The van der Waals surface area contributed by atoms with Gasteiger partial charge in [0.25, 0.3) is 10.1 Å². The first-order chi connectivity index (χ1) is 15.8. The highest BCUT2D eigenvalue weighted by Gasteiger charge is 2.33.